The first-order valence-electron chi connectivity index (χ1n) is 5.36. The molecule has 5 nitrogen and oxygen atoms in total. The first kappa shape index (κ1) is 13.8. The molecule has 16 heavy (non-hydrogen) atoms. The Morgan fingerprint density at radius 1 is 1.50 bits per heavy atom. The van der Waals surface area contributed by atoms with E-state index in [2.05, 4.69) is 0 Å². The minimum absolute atomic E-state index is 0.0996. The lowest BCUT2D eigenvalue weighted by Crippen LogP contribution is -2.43. The predicted octanol–water partition coefficient (Wildman–Crippen LogP) is 0.181. The maximum atomic E-state index is 12.1. The zero-order valence-corrected chi connectivity index (χ0v) is 11.4. The Morgan fingerprint density at radius 2 is 2.00 bits per heavy atom. The quantitative estimate of drug-likeness (QED) is 0.720. The number of hydrogen-bond acceptors (Lipinski definition) is 3. The van der Waals surface area contributed by atoms with Crippen LogP contribution in [0.2, 0.25) is 0 Å². The van der Waals surface area contributed by atoms with Crippen molar-refractivity contribution in [2.45, 2.75) is 19.8 Å². The van der Waals surface area contributed by atoms with E-state index in [1.165, 1.54) is 8.61 Å². The van der Waals surface area contributed by atoms with Gasteiger partial charge in [-0.2, -0.15) is 17.0 Å². The summed E-state index contributed by atoms with van der Waals surface area (Å²) in [7, 11) is -1.74. The lowest BCUT2D eigenvalue weighted by atomic mass is 10.2. The average Bonchev–Trinajstić information content (AvgIpc) is 2.70. The molecule has 0 aromatic carbocycles. The molecule has 0 saturated carbocycles. The fourth-order valence-electron chi connectivity index (χ4n) is 1.69. The van der Waals surface area contributed by atoms with Crippen LogP contribution in [-0.4, -0.2) is 48.7 Å². The van der Waals surface area contributed by atoms with Gasteiger partial charge in [-0.15, -0.1) is 0 Å². The lowest BCUT2D eigenvalue weighted by molar-refractivity contribution is 0.383. The largest absolute Gasteiger partial charge is 0.393 e. The summed E-state index contributed by atoms with van der Waals surface area (Å²) in [6.07, 6.45) is 1.88. The second-order valence-electron chi connectivity index (χ2n) is 4.20. The molecule has 7 heteroatoms. The number of thiocarbonyl (C=S) groups is 1. The van der Waals surface area contributed by atoms with Crippen molar-refractivity contribution in [3.63, 3.8) is 0 Å². The molecular weight excluding hydrogens is 246 g/mol. The summed E-state index contributed by atoms with van der Waals surface area (Å²) < 4.78 is 27.0. The van der Waals surface area contributed by atoms with Crippen molar-refractivity contribution in [1.82, 2.24) is 8.61 Å². The van der Waals surface area contributed by atoms with E-state index < -0.39 is 10.2 Å². The number of nitrogens with two attached hydrogens (primary N) is 1. The fraction of sp³-hybridized carbons (Fsp3) is 0.889. The molecule has 1 unspecified atom stereocenters. The maximum Gasteiger partial charge on any atom is 0.281 e. The second kappa shape index (κ2) is 5.39. The molecule has 1 atom stereocenters. The van der Waals surface area contributed by atoms with E-state index in [9.17, 15) is 8.42 Å². The number of rotatable bonds is 5. The molecule has 0 spiro atoms. The van der Waals surface area contributed by atoms with E-state index >= 15 is 0 Å². The van der Waals surface area contributed by atoms with Crippen LogP contribution in [-0.2, 0) is 10.2 Å². The van der Waals surface area contributed by atoms with Gasteiger partial charge >= 0.3 is 0 Å². The van der Waals surface area contributed by atoms with Gasteiger partial charge in [-0.1, -0.05) is 19.1 Å². The van der Waals surface area contributed by atoms with Gasteiger partial charge in [0.1, 0.15) is 0 Å². The van der Waals surface area contributed by atoms with E-state index in [0.29, 0.717) is 24.6 Å². The van der Waals surface area contributed by atoms with Gasteiger partial charge in [-0.05, 0) is 12.8 Å². The van der Waals surface area contributed by atoms with Crippen LogP contribution in [0.5, 0.6) is 0 Å². The molecule has 0 aliphatic carbocycles. The number of nitrogens with zero attached hydrogens (tertiary/aromatic N) is 2. The summed E-state index contributed by atoms with van der Waals surface area (Å²) in [6.45, 7) is 3.41. The molecule has 0 aromatic heterocycles. The molecule has 1 rings (SSSR count). The van der Waals surface area contributed by atoms with Crippen molar-refractivity contribution in [3.8, 4) is 0 Å². The summed E-state index contributed by atoms with van der Waals surface area (Å²) in [5.41, 5.74) is 5.48. The van der Waals surface area contributed by atoms with Crippen LogP contribution in [0, 0.1) is 5.92 Å². The first-order chi connectivity index (χ1) is 7.35. The first-order valence-corrected chi connectivity index (χ1v) is 7.17. The Hall–Kier alpha value is -0.240. The van der Waals surface area contributed by atoms with Crippen molar-refractivity contribution in [3.05, 3.63) is 0 Å². The molecule has 1 fully saturated rings. The van der Waals surface area contributed by atoms with Crippen molar-refractivity contribution in [2.75, 3.05) is 26.7 Å². The molecule has 1 aliphatic heterocycles. The minimum Gasteiger partial charge on any atom is -0.393 e. The van der Waals surface area contributed by atoms with Crippen molar-refractivity contribution in [2.24, 2.45) is 11.7 Å². The second-order valence-corrected chi connectivity index (χ2v) is 6.70. The van der Waals surface area contributed by atoms with Gasteiger partial charge < -0.3 is 5.73 Å². The third-order valence-electron chi connectivity index (χ3n) is 2.80. The Balaban J connectivity index is 2.64. The van der Waals surface area contributed by atoms with Gasteiger partial charge in [0, 0.05) is 32.6 Å². The molecule has 94 valence electrons. The van der Waals surface area contributed by atoms with Gasteiger partial charge in [0.2, 0.25) is 0 Å². The number of hydrogen-bond donors (Lipinski definition) is 1. The molecule has 2 N–H and O–H groups in total. The highest BCUT2D eigenvalue weighted by Gasteiger charge is 2.30. The van der Waals surface area contributed by atoms with Crippen LogP contribution in [0.3, 0.4) is 0 Å². The Labute approximate surface area is 103 Å². The van der Waals surface area contributed by atoms with Crippen molar-refractivity contribution in [1.29, 1.82) is 0 Å². The summed E-state index contributed by atoms with van der Waals surface area (Å²) in [4.78, 5) is 0.350. The van der Waals surface area contributed by atoms with Crippen LogP contribution in [0.4, 0.5) is 0 Å². The smallest absolute Gasteiger partial charge is 0.281 e. The SMILES string of the molecule is CC(CN(C)S(=O)(=O)N1CCCC1)C(N)=S. The van der Waals surface area contributed by atoms with Crippen LogP contribution in [0.1, 0.15) is 19.8 Å². The highest BCUT2D eigenvalue weighted by atomic mass is 32.2. The summed E-state index contributed by atoms with van der Waals surface area (Å²) in [6, 6.07) is 0. The third kappa shape index (κ3) is 3.13. The van der Waals surface area contributed by atoms with Crippen LogP contribution < -0.4 is 5.73 Å². The Kier molecular flexibility index (Phi) is 4.66. The highest BCUT2D eigenvalue weighted by Crippen LogP contribution is 2.16. The molecule has 1 heterocycles. The minimum atomic E-state index is -3.32. The summed E-state index contributed by atoms with van der Waals surface area (Å²) in [5, 5.41) is 0. The molecule has 0 bridgehead atoms. The zero-order chi connectivity index (χ0) is 12.3. The molecule has 1 saturated heterocycles. The zero-order valence-electron chi connectivity index (χ0n) is 9.72. The van der Waals surface area contributed by atoms with E-state index in [-0.39, 0.29) is 5.92 Å². The van der Waals surface area contributed by atoms with Gasteiger partial charge in [0.05, 0.1) is 4.99 Å². The Bertz CT molecular complexity index is 350. The third-order valence-corrected chi connectivity index (χ3v) is 5.16. The van der Waals surface area contributed by atoms with Gasteiger partial charge in [0.15, 0.2) is 0 Å². The maximum absolute atomic E-state index is 12.1. The van der Waals surface area contributed by atoms with E-state index in [0.717, 1.165) is 12.8 Å². The van der Waals surface area contributed by atoms with Crippen LogP contribution >= 0.6 is 12.2 Å². The normalized spacial score (nSPS) is 20.2. The Morgan fingerprint density at radius 3 is 2.44 bits per heavy atom. The van der Waals surface area contributed by atoms with E-state index in [4.69, 9.17) is 18.0 Å². The van der Waals surface area contributed by atoms with E-state index in [1.807, 2.05) is 6.92 Å². The highest BCUT2D eigenvalue weighted by molar-refractivity contribution is 7.86. The van der Waals surface area contributed by atoms with Gasteiger partial charge in [0.25, 0.3) is 10.2 Å². The van der Waals surface area contributed by atoms with Crippen molar-refractivity contribution < 1.29 is 8.42 Å². The lowest BCUT2D eigenvalue weighted by Gasteiger charge is -2.25. The monoisotopic (exact) mass is 265 g/mol. The van der Waals surface area contributed by atoms with Crippen LogP contribution in [0.25, 0.3) is 0 Å². The van der Waals surface area contributed by atoms with Gasteiger partial charge in [-0.3, -0.25) is 0 Å². The van der Waals surface area contributed by atoms with Gasteiger partial charge in [-0.25, -0.2) is 0 Å². The summed E-state index contributed by atoms with van der Waals surface area (Å²) >= 11 is 4.84. The van der Waals surface area contributed by atoms with E-state index in [1.54, 1.807) is 7.05 Å². The summed E-state index contributed by atoms with van der Waals surface area (Å²) in [5.74, 6) is -0.0996. The molecule has 1 aliphatic rings. The molecular formula is C9H19N3O2S2. The molecule has 0 aromatic rings. The average molecular weight is 265 g/mol. The molecule has 0 radical (unpaired) electrons. The standard InChI is InChI=1S/C9H19N3O2S2/c1-8(9(10)15)7-11(2)16(13,14)12-5-3-4-6-12/h8H,3-7H2,1-2H3,(H2,10,15). The molecule has 0 amide bonds. The van der Waals surface area contributed by atoms with Crippen molar-refractivity contribution >= 4 is 27.4 Å². The van der Waals surface area contributed by atoms with Crippen LogP contribution in [0.15, 0.2) is 0 Å². The predicted molar refractivity (Wildman–Crippen MR) is 68.3 cm³/mol. The topological polar surface area (TPSA) is 66.6 Å². The fourth-order valence-corrected chi connectivity index (χ4v) is 3.29.